The van der Waals surface area contributed by atoms with E-state index < -0.39 is 30.0 Å². The van der Waals surface area contributed by atoms with Gasteiger partial charge in [0, 0.05) is 25.2 Å². The molecule has 2 aromatic carbocycles. The molecule has 0 fully saturated rings. The normalized spacial score (nSPS) is 11.5. The van der Waals surface area contributed by atoms with Crippen LogP contribution in [0.1, 0.15) is 25.7 Å². The average molecular weight is 571 g/mol. The monoisotopic (exact) mass is 570 g/mol. The van der Waals surface area contributed by atoms with Gasteiger partial charge in [-0.1, -0.05) is 13.2 Å². The number of hydrogen-bond acceptors (Lipinski definition) is 8. The van der Waals surface area contributed by atoms with E-state index in [0.29, 0.717) is 38.8 Å². The molecule has 0 atom stereocenters. The quantitative estimate of drug-likeness (QED) is 0.132. The second-order valence-corrected chi connectivity index (χ2v) is 10.8. The lowest BCUT2D eigenvalue weighted by atomic mass is 10.1. The predicted molar refractivity (Wildman–Crippen MR) is 139 cm³/mol. The van der Waals surface area contributed by atoms with E-state index in [-0.39, 0.29) is 47.3 Å². The topological polar surface area (TPSA) is 185 Å². The van der Waals surface area contributed by atoms with Crippen LogP contribution in [0.25, 0.3) is 10.8 Å². The molecule has 0 unspecified atom stereocenters. The van der Waals surface area contributed by atoms with Gasteiger partial charge >= 0.3 is 0 Å². The number of ether oxygens (including phenoxy) is 2. The Labute approximate surface area is 221 Å². The third-order valence-corrected chi connectivity index (χ3v) is 6.81. The highest BCUT2D eigenvalue weighted by Crippen LogP contribution is 2.39. The molecular weight excluding hydrogens is 540 g/mol. The number of carbonyl (C=O) groups excluding carboxylic acids is 2. The zero-order chi connectivity index (χ0) is 28.3. The Kier molecular flexibility index (Phi) is 11.3. The number of nitrogens with one attached hydrogen (secondary N) is 2. The van der Waals surface area contributed by atoms with Crippen LogP contribution in [0.15, 0.2) is 59.4 Å². The Morgan fingerprint density at radius 2 is 1.13 bits per heavy atom. The van der Waals surface area contributed by atoms with Crippen molar-refractivity contribution in [3.8, 4) is 11.5 Å². The average Bonchev–Trinajstić information content (AvgIpc) is 2.85. The van der Waals surface area contributed by atoms with Gasteiger partial charge in [0.25, 0.3) is 20.2 Å². The first-order valence-corrected chi connectivity index (χ1v) is 14.4. The van der Waals surface area contributed by atoms with Crippen LogP contribution in [0.3, 0.4) is 0 Å². The van der Waals surface area contributed by atoms with Crippen molar-refractivity contribution in [2.24, 2.45) is 0 Å². The number of benzene rings is 2. The molecule has 0 aliphatic heterocycles. The summed E-state index contributed by atoms with van der Waals surface area (Å²) in [5.41, 5.74) is 0. The molecule has 14 heteroatoms. The molecule has 2 aromatic rings. The van der Waals surface area contributed by atoms with Crippen LogP contribution < -0.4 is 20.1 Å². The van der Waals surface area contributed by atoms with Crippen LogP contribution in [0.4, 0.5) is 0 Å². The highest BCUT2D eigenvalue weighted by Gasteiger charge is 2.21. The van der Waals surface area contributed by atoms with E-state index in [1.165, 1.54) is 0 Å². The molecular formula is C24H30N2O10S2. The number of amides is 2. The lowest BCUT2D eigenvalue weighted by molar-refractivity contribution is -0.117. The maximum absolute atomic E-state index is 11.9. The Balaban J connectivity index is 2.35. The minimum Gasteiger partial charge on any atom is -0.493 e. The van der Waals surface area contributed by atoms with Gasteiger partial charge in [-0.3, -0.25) is 18.7 Å². The summed E-state index contributed by atoms with van der Waals surface area (Å²) in [4.78, 5) is 21.4. The van der Waals surface area contributed by atoms with E-state index >= 15 is 0 Å². The summed E-state index contributed by atoms with van der Waals surface area (Å²) < 4.78 is 78.2. The van der Waals surface area contributed by atoms with Crippen molar-refractivity contribution < 1.29 is 45.0 Å². The molecule has 4 N–H and O–H groups in total. The first-order chi connectivity index (χ1) is 17.9. The molecule has 2 rings (SSSR count). The number of fused-ring (bicyclic) bond motifs is 1. The van der Waals surface area contributed by atoms with E-state index in [1.807, 2.05) is 0 Å². The molecule has 0 radical (unpaired) electrons. The van der Waals surface area contributed by atoms with Crippen molar-refractivity contribution in [2.45, 2.75) is 35.5 Å². The molecule has 0 saturated heterocycles. The van der Waals surface area contributed by atoms with Crippen LogP contribution >= 0.6 is 0 Å². The maximum Gasteiger partial charge on any atom is 0.294 e. The summed E-state index contributed by atoms with van der Waals surface area (Å²) in [5.74, 6) is -0.643. The highest BCUT2D eigenvalue weighted by molar-refractivity contribution is 7.86. The predicted octanol–water partition coefficient (Wildman–Crippen LogP) is 2.26. The second-order valence-electron chi connectivity index (χ2n) is 7.99. The van der Waals surface area contributed by atoms with Crippen molar-refractivity contribution in [2.75, 3.05) is 26.3 Å². The highest BCUT2D eigenvalue weighted by atomic mass is 32.2. The van der Waals surface area contributed by atoms with E-state index in [9.17, 15) is 35.5 Å². The Morgan fingerprint density at radius 3 is 1.47 bits per heavy atom. The SMILES string of the molecule is C=CC(=O)NCCCCOc1cc(S(=O)(=O)O)cc2cc(S(=O)(=O)O)cc(OCCCCNC(=O)C=C)c12. The minimum absolute atomic E-state index is 0.000358. The molecule has 0 heterocycles. The molecule has 2 amide bonds. The fourth-order valence-corrected chi connectivity index (χ4v) is 4.36. The third-order valence-electron chi connectivity index (χ3n) is 5.15. The van der Waals surface area contributed by atoms with Gasteiger partial charge in [-0.15, -0.1) is 0 Å². The molecule has 0 saturated carbocycles. The molecule has 12 nitrogen and oxygen atoms in total. The second kappa shape index (κ2) is 13.9. The molecule has 0 aromatic heterocycles. The zero-order valence-electron chi connectivity index (χ0n) is 20.5. The molecule has 38 heavy (non-hydrogen) atoms. The fourth-order valence-electron chi connectivity index (χ4n) is 3.30. The van der Waals surface area contributed by atoms with Crippen LogP contribution in [0.5, 0.6) is 11.5 Å². The largest absolute Gasteiger partial charge is 0.493 e. The number of hydrogen-bond donors (Lipinski definition) is 4. The Morgan fingerprint density at radius 1 is 0.737 bits per heavy atom. The van der Waals surface area contributed by atoms with Gasteiger partial charge in [0.1, 0.15) is 11.5 Å². The van der Waals surface area contributed by atoms with Crippen molar-refractivity contribution >= 4 is 42.8 Å². The minimum atomic E-state index is -4.70. The van der Waals surface area contributed by atoms with Crippen molar-refractivity contribution in [1.82, 2.24) is 10.6 Å². The van der Waals surface area contributed by atoms with E-state index in [2.05, 4.69) is 23.8 Å². The van der Waals surface area contributed by atoms with E-state index in [0.717, 1.165) is 36.4 Å². The first kappa shape index (κ1) is 30.8. The molecule has 0 aliphatic carbocycles. The number of carbonyl (C=O) groups is 2. The fraction of sp³-hybridized carbons (Fsp3) is 0.333. The Bertz CT molecular complexity index is 1300. The molecule has 0 aliphatic rings. The summed E-state index contributed by atoms with van der Waals surface area (Å²) >= 11 is 0. The number of unbranched alkanes of at least 4 members (excludes halogenated alkanes) is 2. The summed E-state index contributed by atoms with van der Waals surface area (Å²) in [5, 5.41) is 5.48. The van der Waals surface area contributed by atoms with Gasteiger partial charge in [0.2, 0.25) is 11.8 Å². The summed E-state index contributed by atoms with van der Waals surface area (Å²) in [7, 11) is -9.39. The van der Waals surface area contributed by atoms with Crippen LogP contribution in [-0.2, 0) is 29.8 Å². The number of rotatable bonds is 16. The molecule has 0 spiro atoms. The van der Waals surface area contributed by atoms with Crippen LogP contribution in [0, 0.1) is 0 Å². The summed E-state index contributed by atoms with van der Waals surface area (Å²) in [6, 6.07) is 4.24. The van der Waals surface area contributed by atoms with Crippen LogP contribution in [-0.4, -0.2) is 64.1 Å². The first-order valence-electron chi connectivity index (χ1n) is 11.5. The Hall–Kier alpha value is -3.46. The van der Waals surface area contributed by atoms with Gasteiger partial charge in [-0.25, -0.2) is 0 Å². The van der Waals surface area contributed by atoms with Crippen molar-refractivity contribution in [1.29, 1.82) is 0 Å². The van der Waals surface area contributed by atoms with Gasteiger partial charge in [0.15, 0.2) is 0 Å². The molecule has 0 bridgehead atoms. The smallest absolute Gasteiger partial charge is 0.294 e. The summed E-state index contributed by atoms with van der Waals surface area (Å²) in [6.45, 7) is 7.62. The van der Waals surface area contributed by atoms with Gasteiger partial charge in [-0.2, -0.15) is 16.8 Å². The lowest BCUT2D eigenvalue weighted by Gasteiger charge is -2.16. The zero-order valence-corrected chi connectivity index (χ0v) is 22.1. The lowest BCUT2D eigenvalue weighted by Crippen LogP contribution is -2.22. The summed E-state index contributed by atoms with van der Waals surface area (Å²) in [6.07, 6.45) is 4.28. The van der Waals surface area contributed by atoms with Gasteiger partial charge in [0.05, 0.1) is 28.4 Å². The van der Waals surface area contributed by atoms with Crippen LogP contribution in [0.2, 0.25) is 0 Å². The van der Waals surface area contributed by atoms with Gasteiger partial charge in [-0.05, 0) is 55.4 Å². The standard InChI is InChI=1S/C24H30N2O10S2/c1-3-22(27)25-9-5-7-11-35-20-15-18(37(29,30)31)13-17-14-19(38(32,33)34)16-21(24(17)20)36-12-8-6-10-26-23(28)4-2/h3-4,13-16H,1-2,5-12H2,(H,25,27)(H,26,28)(H,29,30,31)(H,32,33,34). The maximum atomic E-state index is 11.9. The van der Waals surface area contributed by atoms with E-state index in [4.69, 9.17) is 9.47 Å². The molecule has 208 valence electrons. The third kappa shape index (κ3) is 9.45. The van der Waals surface area contributed by atoms with Crippen molar-refractivity contribution in [3.05, 3.63) is 49.6 Å². The van der Waals surface area contributed by atoms with E-state index in [1.54, 1.807) is 0 Å². The van der Waals surface area contributed by atoms with Crippen molar-refractivity contribution in [3.63, 3.8) is 0 Å². The van der Waals surface area contributed by atoms with Gasteiger partial charge < -0.3 is 20.1 Å².